The third-order valence-corrected chi connectivity index (χ3v) is 3.38. The van der Waals surface area contributed by atoms with Gasteiger partial charge in [-0.2, -0.15) is 0 Å². The molecule has 1 aromatic carbocycles. The van der Waals surface area contributed by atoms with Crippen LogP contribution in [0, 0.1) is 0 Å². The Bertz CT molecular complexity index is 334. The van der Waals surface area contributed by atoms with Crippen molar-refractivity contribution in [2.45, 2.75) is 12.5 Å². The van der Waals surface area contributed by atoms with Gasteiger partial charge in [0, 0.05) is 25.7 Å². The van der Waals surface area contributed by atoms with E-state index >= 15 is 0 Å². The van der Waals surface area contributed by atoms with Crippen LogP contribution in [-0.2, 0) is 6.42 Å². The van der Waals surface area contributed by atoms with Crippen molar-refractivity contribution in [2.24, 2.45) is 0 Å². The summed E-state index contributed by atoms with van der Waals surface area (Å²) >= 11 is 0. The summed E-state index contributed by atoms with van der Waals surface area (Å²) in [5.41, 5.74) is 1.42. The first kappa shape index (κ1) is 11.2. The van der Waals surface area contributed by atoms with E-state index in [2.05, 4.69) is 53.8 Å². The molecule has 16 heavy (non-hydrogen) atoms. The molecule has 0 spiro atoms. The third-order valence-electron chi connectivity index (χ3n) is 3.38. The zero-order valence-corrected chi connectivity index (χ0v) is 9.97. The van der Waals surface area contributed by atoms with Crippen molar-refractivity contribution in [1.29, 1.82) is 0 Å². The second-order valence-corrected chi connectivity index (χ2v) is 4.50. The monoisotopic (exact) mass is 216 g/mol. The molecule has 1 atom stereocenters. The first-order chi connectivity index (χ1) is 7.79. The van der Waals surface area contributed by atoms with Crippen molar-refractivity contribution < 1.29 is 0 Å². The highest BCUT2D eigenvalue weighted by molar-refractivity contribution is 5.16. The highest BCUT2D eigenvalue weighted by Crippen LogP contribution is 2.13. The predicted molar refractivity (Wildman–Crippen MR) is 68.3 cm³/mol. The summed E-state index contributed by atoms with van der Waals surface area (Å²) in [6.07, 6.45) is 3.09. The van der Waals surface area contributed by atoms with Crippen molar-refractivity contribution in [3.8, 4) is 0 Å². The van der Waals surface area contributed by atoms with Crippen LogP contribution in [0.15, 0.2) is 43.1 Å². The quantitative estimate of drug-likeness (QED) is 0.762. The molecule has 0 amide bonds. The standard InChI is InChI=1S/C14H20N2/c1-3-16-10-9-15(2)14(12-16)11-13-7-5-4-6-8-13/h3-8,14H,1,9-12H2,2H3. The van der Waals surface area contributed by atoms with Gasteiger partial charge in [-0.1, -0.05) is 36.9 Å². The minimum atomic E-state index is 0.606. The summed E-state index contributed by atoms with van der Waals surface area (Å²) in [6.45, 7) is 7.18. The fraction of sp³-hybridized carbons (Fsp3) is 0.429. The van der Waals surface area contributed by atoms with Crippen LogP contribution in [0.5, 0.6) is 0 Å². The van der Waals surface area contributed by atoms with E-state index in [4.69, 9.17) is 0 Å². The molecule has 2 rings (SSSR count). The van der Waals surface area contributed by atoms with Gasteiger partial charge < -0.3 is 4.90 Å². The van der Waals surface area contributed by atoms with E-state index in [1.54, 1.807) is 0 Å². The zero-order chi connectivity index (χ0) is 11.4. The third kappa shape index (κ3) is 2.64. The fourth-order valence-electron chi connectivity index (χ4n) is 2.24. The molecule has 1 aromatic rings. The molecule has 1 aliphatic heterocycles. The molecule has 0 bridgehead atoms. The molecular weight excluding hydrogens is 196 g/mol. The molecule has 1 aliphatic rings. The summed E-state index contributed by atoms with van der Waals surface area (Å²) in [5.74, 6) is 0. The van der Waals surface area contributed by atoms with Gasteiger partial charge in [0.1, 0.15) is 0 Å². The molecule has 0 N–H and O–H groups in total. The summed E-state index contributed by atoms with van der Waals surface area (Å²) < 4.78 is 0. The fourth-order valence-corrected chi connectivity index (χ4v) is 2.24. The van der Waals surface area contributed by atoms with Crippen LogP contribution < -0.4 is 0 Å². The lowest BCUT2D eigenvalue weighted by Crippen LogP contribution is -2.50. The van der Waals surface area contributed by atoms with Crippen LogP contribution in [0.25, 0.3) is 0 Å². The van der Waals surface area contributed by atoms with E-state index in [0.717, 1.165) is 26.1 Å². The lowest BCUT2D eigenvalue weighted by molar-refractivity contribution is 0.128. The topological polar surface area (TPSA) is 6.48 Å². The smallest absolute Gasteiger partial charge is 0.0332 e. The van der Waals surface area contributed by atoms with Crippen molar-refractivity contribution in [3.05, 3.63) is 48.7 Å². The van der Waals surface area contributed by atoms with Crippen molar-refractivity contribution in [2.75, 3.05) is 26.7 Å². The maximum Gasteiger partial charge on any atom is 0.0332 e. The van der Waals surface area contributed by atoms with Crippen LogP contribution in [0.4, 0.5) is 0 Å². The lowest BCUT2D eigenvalue weighted by atomic mass is 10.0. The molecule has 0 saturated carbocycles. The molecular formula is C14H20N2. The molecule has 1 heterocycles. The maximum atomic E-state index is 3.86. The molecule has 0 aromatic heterocycles. The van der Waals surface area contributed by atoms with Crippen LogP contribution in [0.1, 0.15) is 5.56 Å². The summed E-state index contributed by atoms with van der Waals surface area (Å²) in [4.78, 5) is 4.76. The van der Waals surface area contributed by atoms with E-state index in [9.17, 15) is 0 Å². The van der Waals surface area contributed by atoms with Gasteiger partial charge in [-0.15, -0.1) is 0 Å². The highest BCUT2D eigenvalue weighted by atomic mass is 15.3. The van der Waals surface area contributed by atoms with Gasteiger partial charge in [-0.25, -0.2) is 0 Å². The van der Waals surface area contributed by atoms with Gasteiger partial charge in [0.2, 0.25) is 0 Å². The molecule has 2 heteroatoms. The molecule has 0 aliphatic carbocycles. The first-order valence-corrected chi connectivity index (χ1v) is 5.90. The SMILES string of the molecule is C=CN1CCN(C)C(Cc2ccccc2)C1. The largest absolute Gasteiger partial charge is 0.375 e. The maximum absolute atomic E-state index is 3.86. The van der Waals surface area contributed by atoms with Gasteiger partial charge in [0.25, 0.3) is 0 Å². The average molecular weight is 216 g/mol. The molecule has 1 saturated heterocycles. The van der Waals surface area contributed by atoms with E-state index < -0.39 is 0 Å². The number of rotatable bonds is 3. The first-order valence-electron chi connectivity index (χ1n) is 5.90. The summed E-state index contributed by atoms with van der Waals surface area (Å²) in [7, 11) is 2.22. The minimum absolute atomic E-state index is 0.606. The van der Waals surface area contributed by atoms with Crippen molar-refractivity contribution >= 4 is 0 Å². The highest BCUT2D eigenvalue weighted by Gasteiger charge is 2.22. The predicted octanol–water partition coefficient (Wildman–Crippen LogP) is 1.99. The van der Waals surface area contributed by atoms with Gasteiger partial charge >= 0.3 is 0 Å². The second kappa shape index (κ2) is 5.17. The van der Waals surface area contributed by atoms with Gasteiger partial charge in [-0.05, 0) is 25.2 Å². The van der Waals surface area contributed by atoms with E-state index in [0.29, 0.717) is 6.04 Å². The number of benzene rings is 1. The average Bonchev–Trinajstić information content (AvgIpc) is 2.33. The van der Waals surface area contributed by atoms with Crippen LogP contribution in [-0.4, -0.2) is 42.5 Å². The Kier molecular flexibility index (Phi) is 3.62. The summed E-state index contributed by atoms with van der Waals surface area (Å²) in [6, 6.07) is 11.3. The molecule has 0 radical (unpaired) electrons. The Balaban J connectivity index is 1.99. The van der Waals surface area contributed by atoms with Crippen LogP contribution in [0.3, 0.4) is 0 Å². The van der Waals surface area contributed by atoms with Crippen LogP contribution >= 0.6 is 0 Å². The van der Waals surface area contributed by atoms with Crippen molar-refractivity contribution in [3.63, 3.8) is 0 Å². The Morgan fingerprint density at radius 1 is 1.31 bits per heavy atom. The number of likely N-dealkylation sites (N-methyl/N-ethyl adjacent to an activating group) is 1. The molecule has 2 nitrogen and oxygen atoms in total. The second-order valence-electron chi connectivity index (χ2n) is 4.50. The normalized spacial score (nSPS) is 22.1. The lowest BCUT2D eigenvalue weighted by Gasteiger charge is -2.39. The van der Waals surface area contributed by atoms with Crippen molar-refractivity contribution in [1.82, 2.24) is 9.80 Å². The Hall–Kier alpha value is -1.28. The Morgan fingerprint density at radius 2 is 2.06 bits per heavy atom. The molecule has 1 fully saturated rings. The number of nitrogens with zero attached hydrogens (tertiary/aromatic N) is 2. The molecule has 86 valence electrons. The zero-order valence-electron chi connectivity index (χ0n) is 9.97. The number of piperazine rings is 1. The Labute approximate surface area is 98.2 Å². The van der Waals surface area contributed by atoms with E-state index in [1.807, 2.05) is 6.20 Å². The molecule has 1 unspecified atom stereocenters. The number of hydrogen-bond donors (Lipinski definition) is 0. The number of hydrogen-bond acceptors (Lipinski definition) is 2. The Morgan fingerprint density at radius 3 is 2.75 bits per heavy atom. The minimum Gasteiger partial charge on any atom is -0.375 e. The van der Waals surface area contributed by atoms with E-state index in [-0.39, 0.29) is 0 Å². The van der Waals surface area contributed by atoms with Gasteiger partial charge in [0.05, 0.1) is 0 Å². The van der Waals surface area contributed by atoms with Gasteiger partial charge in [-0.3, -0.25) is 4.90 Å². The summed E-state index contributed by atoms with van der Waals surface area (Å²) in [5, 5.41) is 0. The van der Waals surface area contributed by atoms with Gasteiger partial charge in [0.15, 0.2) is 0 Å². The van der Waals surface area contributed by atoms with E-state index in [1.165, 1.54) is 5.56 Å². The van der Waals surface area contributed by atoms with Crippen LogP contribution in [0.2, 0.25) is 0 Å².